The molecule has 0 bridgehead atoms. The lowest BCUT2D eigenvalue weighted by molar-refractivity contribution is 0.0368. The third kappa shape index (κ3) is 3.63. The van der Waals surface area contributed by atoms with Crippen LogP contribution in [0.25, 0.3) is 11.5 Å². The zero-order valence-electron chi connectivity index (χ0n) is 12.9. The van der Waals surface area contributed by atoms with Gasteiger partial charge in [0, 0.05) is 39.4 Å². The van der Waals surface area contributed by atoms with Gasteiger partial charge < -0.3 is 9.15 Å². The molecule has 1 N–H and O–H groups in total. The van der Waals surface area contributed by atoms with Crippen LogP contribution in [0.1, 0.15) is 0 Å². The molecular formula is C14H20N4O4S. The molecule has 1 saturated heterocycles. The largest absolute Gasteiger partial charge is 0.442 e. The standard InChI is InChI=1S/C14H20N4O4S/c1-17(6-7-18-8-10-21-11-9-18)23(19,20)14-3-2-13(22-14)12-4-5-15-16-12/h2-5H,6-11H2,1H3,(H,15,16). The Morgan fingerprint density at radius 1 is 1.30 bits per heavy atom. The Labute approximate surface area is 135 Å². The lowest BCUT2D eigenvalue weighted by Crippen LogP contribution is -2.41. The summed E-state index contributed by atoms with van der Waals surface area (Å²) in [5, 5.41) is 6.51. The summed E-state index contributed by atoms with van der Waals surface area (Å²) in [6.07, 6.45) is 1.58. The predicted molar refractivity (Wildman–Crippen MR) is 83.4 cm³/mol. The van der Waals surface area contributed by atoms with E-state index in [0.29, 0.717) is 37.8 Å². The third-order valence-corrected chi connectivity index (χ3v) is 5.58. The molecule has 0 aliphatic carbocycles. The molecule has 1 fully saturated rings. The monoisotopic (exact) mass is 340 g/mol. The van der Waals surface area contributed by atoms with Crippen molar-refractivity contribution in [3.8, 4) is 11.5 Å². The maximum absolute atomic E-state index is 12.6. The van der Waals surface area contributed by atoms with Crippen molar-refractivity contribution in [3.63, 3.8) is 0 Å². The number of nitrogens with one attached hydrogen (secondary N) is 1. The Hall–Kier alpha value is -1.68. The van der Waals surface area contributed by atoms with Crippen LogP contribution in [0.4, 0.5) is 0 Å². The first-order valence-corrected chi connectivity index (χ1v) is 8.87. The molecule has 1 aliphatic rings. The maximum atomic E-state index is 12.6. The number of rotatable bonds is 6. The van der Waals surface area contributed by atoms with E-state index in [1.165, 1.54) is 10.4 Å². The lowest BCUT2D eigenvalue weighted by Gasteiger charge is -2.28. The molecule has 23 heavy (non-hydrogen) atoms. The summed E-state index contributed by atoms with van der Waals surface area (Å²) in [5.74, 6) is 0.447. The number of nitrogens with zero attached hydrogens (tertiary/aromatic N) is 3. The van der Waals surface area contributed by atoms with E-state index in [2.05, 4.69) is 15.1 Å². The number of hydrogen-bond acceptors (Lipinski definition) is 6. The van der Waals surface area contributed by atoms with Crippen LogP contribution < -0.4 is 0 Å². The van der Waals surface area contributed by atoms with Gasteiger partial charge in [-0.2, -0.15) is 9.40 Å². The molecule has 2 aromatic heterocycles. The molecule has 0 atom stereocenters. The van der Waals surface area contributed by atoms with Crippen molar-refractivity contribution in [2.24, 2.45) is 0 Å². The van der Waals surface area contributed by atoms with Gasteiger partial charge in [0.05, 0.1) is 13.2 Å². The van der Waals surface area contributed by atoms with Crippen LogP contribution in [0.3, 0.4) is 0 Å². The average molecular weight is 340 g/mol. The first kappa shape index (κ1) is 16.2. The van der Waals surface area contributed by atoms with E-state index in [-0.39, 0.29) is 5.09 Å². The van der Waals surface area contributed by atoms with Crippen molar-refractivity contribution in [1.82, 2.24) is 19.4 Å². The Balaban J connectivity index is 1.65. The second kappa shape index (κ2) is 6.83. The van der Waals surface area contributed by atoms with Gasteiger partial charge in [0.2, 0.25) is 5.09 Å². The van der Waals surface area contributed by atoms with Gasteiger partial charge in [-0.1, -0.05) is 0 Å². The van der Waals surface area contributed by atoms with Gasteiger partial charge in [0.1, 0.15) is 5.69 Å². The molecule has 0 aromatic carbocycles. The van der Waals surface area contributed by atoms with Crippen LogP contribution in [-0.4, -0.2) is 74.3 Å². The topological polar surface area (TPSA) is 91.7 Å². The van der Waals surface area contributed by atoms with E-state index in [0.717, 1.165) is 13.1 Å². The van der Waals surface area contributed by atoms with Gasteiger partial charge >= 0.3 is 0 Å². The number of hydrogen-bond donors (Lipinski definition) is 1. The van der Waals surface area contributed by atoms with Crippen molar-refractivity contribution in [1.29, 1.82) is 0 Å². The summed E-state index contributed by atoms with van der Waals surface area (Å²) in [5.41, 5.74) is 0.641. The van der Waals surface area contributed by atoms with E-state index in [9.17, 15) is 8.42 Å². The third-order valence-electron chi connectivity index (χ3n) is 3.85. The minimum atomic E-state index is -3.64. The summed E-state index contributed by atoms with van der Waals surface area (Å²) >= 11 is 0. The number of aromatic nitrogens is 2. The van der Waals surface area contributed by atoms with Gasteiger partial charge in [0.25, 0.3) is 10.0 Å². The fourth-order valence-corrected chi connectivity index (χ4v) is 3.44. The maximum Gasteiger partial charge on any atom is 0.276 e. The van der Waals surface area contributed by atoms with Crippen LogP contribution in [-0.2, 0) is 14.8 Å². The molecule has 9 heteroatoms. The summed E-state index contributed by atoms with van der Waals surface area (Å²) in [6.45, 7) is 4.14. The highest BCUT2D eigenvalue weighted by Crippen LogP contribution is 2.24. The van der Waals surface area contributed by atoms with Crippen molar-refractivity contribution in [2.45, 2.75) is 5.09 Å². The normalized spacial score (nSPS) is 17.0. The Bertz CT molecular complexity index is 720. The first-order chi connectivity index (χ1) is 11.1. The van der Waals surface area contributed by atoms with Gasteiger partial charge in [0.15, 0.2) is 5.76 Å². The molecule has 0 spiro atoms. The minimum absolute atomic E-state index is 0.0634. The number of sulfonamides is 1. The Morgan fingerprint density at radius 2 is 2.09 bits per heavy atom. The number of likely N-dealkylation sites (N-methyl/N-ethyl adjacent to an activating group) is 1. The molecule has 1 aliphatic heterocycles. The molecule has 0 unspecified atom stereocenters. The highest BCUT2D eigenvalue weighted by atomic mass is 32.2. The number of morpholine rings is 1. The molecule has 2 aromatic rings. The first-order valence-electron chi connectivity index (χ1n) is 7.43. The van der Waals surface area contributed by atoms with Gasteiger partial charge in [-0.15, -0.1) is 0 Å². The van der Waals surface area contributed by atoms with Crippen LogP contribution in [0.15, 0.2) is 33.9 Å². The second-order valence-corrected chi connectivity index (χ2v) is 7.35. The zero-order valence-corrected chi connectivity index (χ0v) is 13.8. The number of H-pyrrole nitrogens is 1. The quantitative estimate of drug-likeness (QED) is 0.829. The second-order valence-electron chi connectivity index (χ2n) is 5.37. The van der Waals surface area contributed by atoms with Gasteiger partial charge in [-0.25, -0.2) is 8.42 Å². The lowest BCUT2D eigenvalue weighted by atomic mass is 10.3. The van der Waals surface area contributed by atoms with E-state index in [1.54, 1.807) is 25.4 Å². The molecular weight excluding hydrogens is 320 g/mol. The molecule has 3 heterocycles. The number of aromatic amines is 1. The van der Waals surface area contributed by atoms with Crippen molar-refractivity contribution < 1.29 is 17.6 Å². The molecule has 8 nitrogen and oxygen atoms in total. The van der Waals surface area contributed by atoms with Crippen molar-refractivity contribution in [2.75, 3.05) is 46.4 Å². The summed E-state index contributed by atoms with van der Waals surface area (Å²) in [7, 11) is -2.07. The van der Waals surface area contributed by atoms with E-state index in [1.807, 2.05) is 0 Å². The van der Waals surface area contributed by atoms with E-state index < -0.39 is 10.0 Å². The molecule has 0 amide bonds. The van der Waals surface area contributed by atoms with E-state index >= 15 is 0 Å². The Morgan fingerprint density at radius 3 is 2.78 bits per heavy atom. The fraction of sp³-hybridized carbons (Fsp3) is 0.500. The highest BCUT2D eigenvalue weighted by molar-refractivity contribution is 7.89. The molecule has 0 saturated carbocycles. The fourth-order valence-electron chi connectivity index (χ4n) is 2.38. The van der Waals surface area contributed by atoms with Crippen molar-refractivity contribution in [3.05, 3.63) is 24.4 Å². The number of furan rings is 1. The van der Waals surface area contributed by atoms with E-state index in [4.69, 9.17) is 9.15 Å². The summed E-state index contributed by atoms with van der Waals surface area (Å²) in [4.78, 5) is 2.19. The zero-order chi connectivity index (χ0) is 16.3. The SMILES string of the molecule is CN(CCN1CCOCC1)S(=O)(=O)c1ccc(-c2ccn[nH]2)o1. The predicted octanol–water partition coefficient (Wildman–Crippen LogP) is 0.622. The van der Waals surface area contributed by atoms with Gasteiger partial charge in [-0.3, -0.25) is 10.00 Å². The highest BCUT2D eigenvalue weighted by Gasteiger charge is 2.25. The van der Waals surface area contributed by atoms with Crippen molar-refractivity contribution >= 4 is 10.0 Å². The molecule has 3 rings (SSSR count). The van der Waals surface area contributed by atoms with Crippen LogP contribution in [0.2, 0.25) is 0 Å². The average Bonchev–Trinajstić information content (AvgIpc) is 3.24. The molecule has 0 radical (unpaired) electrons. The smallest absolute Gasteiger partial charge is 0.276 e. The van der Waals surface area contributed by atoms with Crippen LogP contribution >= 0.6 is 0 Å². The minimum Gasteiger partial charge on any atom is -0.442 e. The summed E-state index contributed by atoms with van der Waals surface area (Å²) < 4.78 is 37.2. The molecule has 126 valence electrons. The van der Waals surface area contributed by atoms with Gasteiger partial charge in [-0.05, 0) is 18.2 Å². The Kier molecular flexibility index (Phi) is 4.81. The summed E-state index contributed by atoms with van der Waals surface area (Å²) in [6, 6.07) is 4.81. The van der Waals surface area contributed by atoms with Crippen LogP contribution in [0, 0.1) is 0 Å². The van der Waals surface area contributed by atoms with Crippen LogP contribution in [0.5, 0.6) is 0 Å². The number of ether oxygens (including phenoxy) is 1.